The Hall–Kier alpha value is -1.94. The average Bonchev–Trinajstić information content (AvgIpc) is 2.84. The second-order valence-electron chi connectivity index (χ2n) is 4.68. The van der Waals surface area contributed by atoms with Gasteiger partial charge in [-0.2, -0.15) is 0 Å². The molecule has 1 atom stereocenters. The van der Waals surface area contributed by atoms with Crippen molar-refractivity contribution in [2.45, 2.75) is 12.5 Å². The van der Waals surface area contributed by atoms with E-state index in [1.165, 1.54) is 0 Å². The number of hydrogen-bond donors (Lipinski definition) is 1. The Morgan fingerprint density at radius 3 is 2.94 bits per heavy atom. The lowest BCUT2D eigenvalue weighted by Crippen LogP contribution is -2.32. The molecule has 3 rings (SSSR count). The van der Waals surface area contributed by atoms with Crippen LogP contribution in [0.5, 0.6) is 0 Å². The molecule has 1 aliphatic heterocycles. The van der Waals surface area contributed by atoms with Crippen LogP contribution in [0.1, 0.15) is 16.8 Å². The maximum atomic E-state index is 12.4. The van der Waals surface area contributed by atoms with E-state index in [0.717, 1.165) is 29.4 Å². The standard InChI is InChI=1S/C14H15N3O/c15-10-6-8-17(9-10)14(18)12-5-7-16-13-4-2-1-3-11(12)13/h1-5,7,10H,6,8-9,15H2/t10-/m1/s1. The van der Waals surface area contributed by atoms with Gasteiger partial charge in [-0.3, -0.25) is 9.78 Å². The van der Waals surface area contributed by atoms with Crippen LogP contribution in [0, 0.1) is 0 Å². The van der Waals surface area contributed by atoms with E-state index in [-0.39, 0.29) is 11.9 Å². The van der Waals surface area contributed by atoms with E-state index in [1.54, 1.807) is 12.3 Å². The summed E-state index contributed by atoms with van der Waals surface area (Å²) in [6.07, 6.45) is 2.57. The van der Waals surface area contributed by atoms with Gasteiger partial charge in [0.1, 0.15) is 0 Å². The number of likely N-dealkylation sites (tertiary alicyclic amines) is 1. The van der Waals surface area contributed by atoms with E-state index in [4.69, 9.17) is 5.73 Å². The van der Waals surface area contributed by atoms with E-state index in [2.05, 4.69) is 4.98 Å². The Labute approximate surface area is 105 Å². The molecule has 0 bridgehead atoms. The summed E-state index contributed by atoms with van der Waals surface area (Å²) >= 11 is 0. The lowest BCUT2D eigenvalue weighted by atomic mass is 10.1. The molecule has 1 amide bonds. The average molecular weight is 241 g/mol. The predicted molar refractivity (Wildman–Crippen MR) is 70.2 cm³/mol. The summed E-state index contributed by atoms with van der Waals surface area (Å²) in [7, 11) is 0. The molecule has 2 N–H and O–H groups in total. The van der Waals surface area contributed by atoms with Gasteiger partial charge in [0.2, 0.25) is 0 Å². The van der Waals surface area contributed by atoms with Crippen LogP contribution in [0.25, 0.3) is 10.9 Å². The zero-order valence-electron chi connectivity index (χ0n) is 10.0. The van der Waals surface area contributed by atoms with Gasteiger partial charge in [-0.1, -0.05) is 18.2 Å². The van der Waals surface area contributed by atoms with Crippen molar-refractivity contribution >= 4 is 16.8 Å². The number of aromatic nitrogens is 1. The molecule has 2 aromatic rings. The lowest BCUT2D eigenvalue weighted by Gasteiger charge is -2.16. The van der Waals surface area contributed by atoms with E-state index < -0.39 is 0 Å². The lowest BCUT2D eigenvalue weighted by molar-refractivity contribution is 0.0793. The van der Waals surface area contributed by atoms with Gasteiger partial charge in [0.05, 0.1) is 11.1 Å². The topological polar surface area (TPSA) is 59.2 Å². The first-order chi connectivity index (χ1) is 8.75. The molecule has 1 aromatic carbocycles. The minimum atomic E-state index is 0.0570. The predicted octanol–water partition coefficient (Wildman–Crippen LogP) is 1.41. The summed E-state index contributed by atoms with van der Waals surface area (Å²) < 4.78 is 0. The monoisotopic (exact) mass is 241 g/mol. The number of nitrogens with two attached hydrogens (primary N) is 1. The first-order valence-corrected chi connectivity index (χ1v) is 6.14. The highest BCUT2D eigenvalue weighted by Gasteiger charge is 2.25. The molecular weight excluding hydrogens is 226 g/mol. The molecule has 92 valence electrons. The van der Waals surface area contributed by atoms with Crippen LogP contribution in [-0.2, 0) is 0 Å². The molecular formula is C14H15N3O. The second-order valence-corrected chi connectivity index (χ2v) is 4.68. The first kappa shape index (κ1) is 11.2. The largest absolute Gasteiger partial charge is 0.337 e. The Morgan fingerprint density at radius 2 is 2.17 bits per heavy atom. The van der Waals surface area contributed by atoms with E-state index in [1.807, 2.05) is 29.2 Å². The quantitative estimate of drug-likeness (QED) is 0.821. The maximum absolute atomic E-state index is 12.4. The zero-order chi connectivity index (χ0) is 12.5. The molecule has 4 heteroatoms. The number of benzene rings is 1. The fourth-order valence-corrected chi connectivity index (χ4v) is 2.42. The summed E-state index contributed by atoms with van der Waals surface area (Å²) in [5.74, 6) is 0.0570. The molecule has 0 unspecified atom stereocenters. The van der Waals surface area contributed by atoms with E-state index in [9.17, 15) is 4.79 Å². The van der Waals surface area contributed by atoms with Crippen LogP contribution in [-0.4, -0.2) is 34.9 Å². The number of carbonyl (C=O) groups excluding carboxylic acids is 1. The summed E-state index contributed by atoms with van der Waals surface area (Å²) in [6.45, 7) is 1.39. The highest BCUT2D eigenvalue weighted by Crippen LogP contribution is 2.19. The summed E-state index contributed by atoms with van der Waals surface area (Å²) in [4.78, 5) is 18.5. The Balaban J connectivity index is 2.01. The third-order valence-electron chi connectivity index (χ3n) is 3.39. The zero-order valence-corrected chi connectivity index (χ0v) is 10.0. The fraction of sp³-hybridized carbons (Fsp3) is 0.286. The van der Waals surface area contributed by atoms with Crippen molar-refractivity contribution in [1.29, 1.82) is 0 Å². The molecule has 4 nitrogen and oxygen atoms in total. The highest BCUT2D eigenvalue weighted by atomic mass is 16.2. The number of para-hydroxylation sites is 1. The van der Waals surface area contributed by atoms with Gasteiger partial charge >= 0.3 is 0 Å². The Morgan fingerprint density at radius 1 is 1.33 bits per heavy atom. The summed E-state index contributed by atoms with van der Waals surface area (Å²) in [6, 6.07) is 9.61. The number of fused-ring (bicyclic) bond motifs is 1. The molecule has 1 aromatic heterocycles. The van der Waals surface area contributed by atoms with Crippen LogP contribution in [0.4, 0.5) is 0 Å². The SMILES string of the molecule is N[C@@H]1CCN(C(=O)c2ccnc3ccccc23)C1. The number of hydrogen-bond acceptors (Lipinski definition) is 3. The van der Waals surface area contributed by atoms with Crippen molar-refractivity contribution in [2.24, 2.45) is 5.73 Å². The summed E-state index contributed by atoms with van der Waals surface area (Å²) in [5.41, 5.74) is 7.42. The van der Waals surface area contributed by atoms with Gasteiger partial charge in [0, 0.05) is 30.7 Å². The smallest absolute Gasteiger partial charge is 0.254 e. The fourth-order valence-electron chi connectivity index (χ4n) is 2.42. The van der Waals surface area contributed by atoms with Crippen LogP contribution in [0.2, 0.25) is 0 Å². The van der Waals surface area contributed by atoms with E-state index in [0.29, 0.717) is 6.54 Å². The highest BCUT2D eigenvalue weighted by molar-refractivity contribution is 6.06. The molecule has 0 saturated carbocycles. The second kappa shape index (κ2) is 4.38. The molecule has 0 spiro atoms. The Kier molecular flexibility index (Phi) is 2.72. The van der Waals surface area contributed by atoms with Gasteiger partial charge < -0.3 is 10.6 Å². The van der Waals surface area contributed by atoms with Crippen molar-refractivity contribution in [1.82, 2.24) is 9.88 Å². The van der Waals surface area contributed by atoms with Gasteiger partial charge in [0.25, 0.3) is 5.91 Å². The molecule has 1 saturated heterocycles. The number of pyridine rings is 1. The van der Waals surface area contributed by atoms with Crippen molar-refractivity contribution in [3.8, 4) is 0 Å². The van der Waals surface area contributed by atoms with Gasteiger partial charge in [-0.05, 0) is 18.6 Å². The number of carbonyl (C=O) groups is 1. The maximum Gasteiger partial charge on any atom is 0.254 e. The van der Waals surface area contributed by atoms with Crippen LogP contribution >= 0.6 is 0 Å². The van der Waals surface area contributed by atoms with Crippen molar-refractivity contribution < 1.29 is 4.79 Å². The van der Waals surface area contributed by atoms with Crippen LogP contribution in [0.15, 0.2) is 36.5 Å². The van der Waals surface area contributed by atoms with Gasteiger partial charge in [0.15, 0.2) is 0 Å². The third-order valence-corrected chi connectivity index (χ3v) is 3.39. The molecule has 0 aliphatic carbocycles. The van der Waals surface area contributed by atoms with Crippen molar-refractivity contribution in [3.05, 3.63) is 42.1 Å². The Bertz CT molecular complexity index is 591. The van der Waals surface area contributed by atoms with Crippen molar-refractivity contribution in [2.75, 3.05) is 13.1 Å². The van der Waals surface area contributed by atoms with E-state index >= 15 is 0 Å². The molecule has 2 heterocycles. The molecule has 18 heavy (non-hydrogen) atoms. The minimum absolute atomic E-state index is 0.0570. The van der Waals surface area contributed by atoms with Crippen molar-refractivity contribution in [3.63, 3.8) is 0 Å². The minimum Gasteiger partial charge on any atom is -0.337 e. The number of nitrogens with zero attached hydrogens (tertiary/aromatic N) is 2. The molecule has 1 aliphatic rings. The molecule has 0 radical (unpaired) electrons. The first-order valence-electron chi connectivity index (χ1n) is 6.14. The number of rotatable bonds is 1. The van der Waals surface area contributed by atoms with Gasteiger partial charge in [-0.25, -0.2) is 0 Å². The number of amides is 1. The van der Waals surface area contributed by atoms with Crippen LogP contribution < -0.4 is 5.73 Å². The normalized spacial score (nSPS) is 19.4. The summed E-state index contributed by atoms with van der Waals surface area (Å²) in [5, 5.41) is 0.908. The third kappa shape index (κ3) is 1.84. The van der Waals surface area contributed by atoms with Gasteiger partial charge in [-0.15, -0.1) is 0 Å². The molecule has 1 fully saturated rings. The van der Waals surface area contributed by atoms with Crippen LogP contribution in [0.3, 0.4) is 0 Å².